The molecule has 106 valence electrons. The molecule has 4 heteroatoms. The van der Waals surface area contributed by atoms with Crippen molar-refractivity contribution in [2.75, 3.05) is 6.54 Å². The zero-order valence-electron chi connectivity index (χ0n) is 11.8. The van der Waals surface area contributed by atoms with Crippen LogP contribution < -0.4 is 5.32 Å². The predicted molar refractivity (Wildman–Crippen MR) is 76.9 cm³/mol. The Kier molecular flexibility index (Phi) is 5.80. The first-order valence-electron chi connectivity index (χ1n) is 6.56. The minimum absolute atomic E-state index is 0.0306. The fraction of sp³-hybridized carbons (Fsp3) is 0.533. The molecule has 0 aliphatic carbocycles. The number of benzene rings is 1. The minimum Gasteiger partial charge on any atom is -0.352 e. The van der Waals surface area contributed by atoms with Crippen LogP contribution in [-0.2, 0) is 0 Å². The van der Waals surface area contributed by atoms with E-state index in [2.05, 4.69) is 33.0 Å². The van der Waals surface area contributed by atoms with Crippen molar-refractivity contribution in [3.63, 3.8) is 0 Å². The summed E-state index contributed by atoms with van der Waals surface area (Å²) in [7, 11) is 0. The summed E-state index contributed by atoms with van der Waals surface area (Å²) in [5.74, 6) is 0.683. The first-order chi connectivity index (χ1) is 8.82. The topological polar surface area (TPSA) is 29.1 Å². The van der Waals surface area contributed by atoms with E-state index in [4.69, 9.17) is 11.6 Å². The first kappa shape index (κ1) is 16.0. The quantitative estimate of drug-likeness (QED) is 0.866. The Labute approximate surface area is 119 Å². The maximum absolute atomic E-state index is 13.0. The second-order valence-electron chi connectivity index (χ2n) is 5.49. The van der Waals surface area contributed by atoms with Crippen molar-refractivity contribution >= 4 is 17.5 Å². The molecule has 0 fully saturated rings. The number of nitrogens with one attached hydrogen (secondary N) is 1. The molecule has 1 N–H and O–H groups in total. The Morgan fingerprint density at radius 2 is 1.84 bits per heavy atom. The molecule has 0 aliphatic heterocycles. The van der Waals surface area contributed by atoms with Crippen LogP contribution in [0.25, 0.3) is 0 Å². The van der Waals surface area contributed by atoms with Crippen molar-refractivity contribution in [2.24, 2.45) is 17.8 Å². The predicted octanol–water partition coefficient (Wildman–Crippen LogP) is 4.14. The molecule has 0 heterocycles. The van der Waals surface area contributed by atoms with Crippen LogP contribution in [-0.4, -0.2) is 12.5 Å². The Morgan fingerprint density at radius 3 is 2.32 bits per heavy atom. The van der Waals surface area contributed by atoms with Gasteiger partial charge in [-0.15, -0.1) is 0 Å². The van der Waals surface area contributed by atoms with Gasteiger partial charge in [0.05, 0.1) is 5.02 Å². The Hall–Kier alpha value is -1.09. The van der Waals surface area contributed by atoms with Crippen LogP contribution >= 0.6 is 11.6 Å². The summed E-state index contributed by atoms with van der Waals surface area (Å²) < 4.78 is 13.0. The molecular weight excluding hydrogens is 265 g/mol. The van der Waals surface area contributed by atoms with Gasteiger partial charge in [-0.05, 0) is 36.0 Å². The van der Waals surface area contributed by atoms with E-state index in [1.54, 1.807) is 0 Å². The van der Waals surface area contributed by atoms with Gasteiger partial charge in [0, 0.05) is 12.1 Å². The monoisotopic (exact) mass is 285 g/mol. The standard InChI is InChI=1S/C15H21ClFNO/c1-9(2)12(10(3)4)8-18-15(19)11-5-6-14(17)13(16)7-11/h5-7,9-10,12H,8H2,1-4H3,(H,18,19). The van der Waals surface area contributed by atoms with E-state index < -0.39 is 5.82 Å². The SMILES string of the molecule is CC(C)C(CNC(=O)c1ccc(F)c(Cl)c1)C(C)C. The van der Waals surface area contributed by atoms with Crippen LogP contribution in [0.5, 0.6) is 0 Å². The second-order valence-corrected chi connectivity index (χ2v) is 5.90. The lowest BCUT2D eigenvalue weighted by Gasteiger charge is -2.25. The molecule has 0 aliphatic rings. The Balaban J connectivity index is 2.66. The fourth-order valence-electron chi connectivity index (χ4n) is 2.19. The van der Waals surface area contributed by atoms with Gasteiger partial charge >= 0.3 is 0 Å². The van der Waals surface area contributed by atoms with Gasteiger partial charge < -0.3 is 5.32 Å². The van der Waals surface area contributed by atoms with E-state index in [1.807, 2.05) is 0 Å². The van der Waals surface area contributed by atoms with Crippen molar-refractivity contribution in [2.45, 2.75) is 27.7 Å². The molecule has 0 spiro atoms. The first-order valence-corrected chi connectivity index (χ1v) is 6.94. The highest BCUT2D eigenvalue weighted by Crippen LogP contribution is 2.20. The summed E-state index contributed by atoms with van der Waals surface area (Å²) in [5.41, 5.74) is 0.387. The van der Waals surface area contributed by atoms with Gasteiger partial charge in [0.1, 0.15) is 5.82 Å². The minimum atomic E-state index is -0.513. The number of hydrogen-bond donors (Lipinski definition) is 1. The van der Waals surface area contributed by atoms with Gasteiger partial charge in [-0.2, -0.15) is 0 Å². The van der Waals surface area contributed by atoms with Crippen LogP contribution in [0.15, 0.2) is 18.2 Å². The number of rotatable bonds is 5. The summed E-state index contributed by atoms with van der Waals surface area (Å²) in [4.78, 5) is 12.0. The third-order valence-electron chi connectivity index (χ3n) is 3.39. The fourth-order valence-corrected chi connectivity index (χ4v) is 2.37. The van der Waals surface area contributed by atoms with E-state index in [0.717, 1.165) is 0 Å². The molecule has 0 saturated carbocycles. The van der Waals surface area contributed by atoms with Crippen LogP contribution in [0, 0.1) is 23.6 Å². The highest BCUT2D eigenvalue weighted by atomic mass is 35.5. The highest BCUT2D eigenvalue weighted by Gasteiger charge is 2.18. The van der Waals surface area contributed by atoms with E-state index in [0.29, 0.717) is 29.9 Å². The van der Waals surface area contributed by atoms with Gasteiger partial charge in [0.2, 0.25) is 0 Å². The maximum atomic E-state index is 13.0. The van der Waals surface area contributed by atoms with Crippen molar-refractivity contribution in [3.8, 4) is 0 Å². The Bertz CT molecular complexity index is 438. The van der Waals surface area contributed by atoms with Gasteiger partial charge in [0.15, 0.2) is 0 Å². The number of amides is 1. The zero-order chi connectivity index (χ0) is 14.6. The smallest absolute Gasteiger partial charge is 0.251 e. The lowest BCUT2D eigenvalue weighted by atomic mass is 9.85. The second kappa shape index (κ2) is 6.90. The van der Waals surface area contributed by atoms with Crippen molar-refractivity contribution in [3.05, 3.63) is 34.6 Å². The number of carbonyl (C=O) groups excluding carboxylic acids is 1. The number of hydrogen-bond acceptors (Lipinski definition) is 1. The largest absolute Gasteiger partial charge is 0.352 e. The molecule has 19 heavy (non-hydrogen) atoms. The molecule has 1 aromatic rings. The van der Waals surface area contributed by atoms with E-state index in [-0.39, 0.29) is 10.9 Å². The van der Waals surface area contributed by atoms with Gasteiger partial charge in [-0.1, -0.05) is 39.3 Å². The lowest BCUT2D eigenvalue weighted by molar-refractivity contribution is 0.0937. The van der Waals surface area contributed by atoms with Crippen LogP contribution in [0.2, 0.25) is 5.02 Å². The van der Waals surface area contributed by atoms with E-state index >= 15 is 0 Å². The third kappa shape index (κ3) is 4.50. The normalized spacial score (nSPS) is 11.4. The van der Waals surface area contributed by atoms with Gasteiger partial charge in [0.25, 0.3) is 5.91 Å². The zero-order valence-corrected chi connectivity index (χ0v) is 12.6. The molecule has 1 aromatic carbocycles. The summed E-state index contributed by atoms with van der Waals surface area (Å²) in [5, 5.41) is 2.86. The average molecular weight is 286 g/mol. The van der Waals surface area contributed by atoms with Crippen molar-refractivity contribution in [1.29, 1.82) is 0 Å². The maximum Gasteiger partial charge on any atom is 0.251 e. The summed E-state index contributed by atoms with van der Waals surface area (Å²) in [6.07, 6.45) is 0. The molecule has 0 atom stereocenters. The number of carbonyl (C=O) groups is 1. The molecular formula is C15H21ClFNO. The lowest BCUT2D eigenvalue weighted by Crippen LogP contribution is -2.33. The third-order valence-corrected chi connectivity index (χ3v) is 3.68. The summed E-state index contributed by atoms with van der Waals surface area (Å²) in [6, 6.07) is 4.00. The van der Waals surface area contributed by atoms with E-state index in [1.165, 1.54) is 18.2 Å². The van der Waals surface area contributed by atoms with Crippen LogP contribution in [0.4, 0.5) is 4.39 Å². The molecule has 0 aromatic heterocycles. The van der Waals surface area contributed by atoms with Gasteiger partial charge in [-0.3, -0.25) is 4.79 Å². The molecule has 0 unspecified atom stereocenters. The van der Waals surface area contributed by atoms with Crippen molar-refractivity contribution < 1.29 is 9.18 Å². The molecule has 0 radical (unpaired) electrons. The molecule has 1 amide bonds. The highest BCUT2D eigenvalue weighted by molar-refractivity contribution is 6.31. The average Bonchev–Trinajstić information content (AvgIpc) is 2.31. The van der Waals surface area contributed by atoms with Crippen LogP contribution in [0.1, 0.15) is 38.1 Å². The number of halogens is 2. The molecule has 2 nitrogen and oxygen atoms in total. The van der Waals surface area contributed by atoms with Crippen LogP contribution in [0.3, 0.4) is 0 Å². The van der Waals surface area contributed by atoms with E-state index in [9.17, 15) is 9.18 Å². The summed E-state index contributed by atoms with van der Waals surface area (Å²) >= 11 is 5.67. The molecule has 1 rings (SSSR count). The molecule has 0 bridgehead atoms. The molecule has 0 saturated heterocycles. The Morgan fingerprint density at radius 1 is 1.26 bits per heavy atom. The van der Waals surface area contributed by atoms with Gasteiger partial charge in [-0.25, -0.2) is 4.39 Å². The van der Waals surface area contributed by atoms with Crippen molar-refractivity contribution in [1.82, 2.24) is 5.32 Å². The summed E-state index contributed by atoms with van der Waals surface area (Å²) in [6.45, 7) is 9.19.